The van der Waals surface area contributed by atoms with Crippen LogP contribution in [0.1, 0.15) is 44.1 Å². The molecule has 1 aliphatic rings. The molecule has 0 bridgehead atoms. The number of benzene rings is 1. The van der Waals surface area contributed by atoms with E-state index in [-0.39, 0.29) is 0 Å². The van der Waals surface area contributed by atoms with Crippen LogP contribution >= 0.6 is 0 Å². The van der Waals surface area contributed by atoms with Crippen LogP contribution in [0.4, 0.5) is 0 Å². The molecule has 0 aromatic heterocycles. The van der Waals surface area contributed by atoms with Crippen molar-refractivity contribution in [2.24, 2.45) is 5.16 Å². The summed E-state index contributed by atoms with van der Waals surface area (Å²) in [6.07, 6.45) is 4.95. The average molecular weight is 295 g/mol. The zero-order valence-electron chi connectivity index (χ0n) is 11.7. The number of oxime groups is 1. The van der Waals surface area contributed by atoms with E-state index >= 15 is 0 Å². The van der Waals surface area contributed by atoms with Crippen molar-refractivity contribution in [1.82, 2.24) is 0 Å². The van der Waals surface area contributed by atoms with Gasteiger partial charge in [-0.3, -0.25) is 0 Å². The van der Waals surface area contributed by atoms with Crippen LogP contribution in [0.25, 0.3) is 0 Å². The van der Waals surface area contributed by atoms with Gasteiger partial charge in [-0.25, -0.2) is 8.42 Å². The first kappa shape index (κ1) is 15.0. The monoisotopic (exact) mass is 295 g/mol. The van der Waals surface area contributed by atoms with E-state index in [1.165, 1.54) is 0 Å². The third-order valence-electron chi connectivity index (χ3n) is 3.87. The highest BCUT2D eigenvalue weighted by Gasteiger charge is 2.32. The first-order valence-electron chi connectivity index (χ1n) is 7.07. The molecule has 1 N–H and O–H groups in total. The van der Waals surface area contributed by atoms with Gasteiger partial charge in [-0.05, 0) is 38.3 Å². The molecule has 1 saturated carbocycles. The van der Waals surface area contributed by atoms with Crippen LogP contribution in [0, 0.1) is 6.92 Å². The van der Waals surface area contributed by atoms with Crippen LogP contribution < -0.4 is 0 Å². The van der Waals surface area contributed by atoms with Gasteiger partial charge in [0.05, 0.1) is 10.6 Å². The molecule has 0 heterocycles. The van der Waals surface area contributed by atoms with E-state index in [9.17, 15) is 8.42 Å². The number of nitrogens with zero attached hydrogens (tertiary/aromatic N) is 1. The largest absolute Gasteiger partial charge is 0.411 e. The van der Waals surface area contributed by atoms with Gasteiger partial charge in [0.15, 0.2) is 9.84 Å². The molecule has 20 heavy (non-hydrogen) atoms. The molecule has 0 aliphatic heterocycles. The lowest BCUT2D eigenvalue weighted by molar-refractivity contribution is 0.315. The smallest absolute Gasteiger partial charge is 0.186 e. The van der Waals surface area contributed by atoms with Crippen molar-refractivity contribution in [3.8, 4) is 0 Å². The fourth-order valence-corrected chi connectivity index (χ4v) is 4.50. The summed E-state index contributed by atoms with van der Waals surface area (Å²) < 4.78 is 25.5. The molecular weight excluding hydrogens is 274 g/mol. The number of aryl methyl sites for hydroxylation is 1. The average Bonchev–Trinajstić information content (AvgIpc) is 2.39. The number of sulfone groups is 1. The Labute approximate surface area is 120 Å². The van der Waals surface area contributed by atoms with Crippen LogP contribution in [-0.4, -0.2) is 24.6 Å². The van der Waals surface area contributed by atoms with Crippen molar-refractivity contribution in [3.05, 3.63) is 29.8 Å². The lowest BCUT2D eigenvalue weighted by Crippen LogP contribution is -2.31. The molecule has 0 saturated heterocycles. The summed E-state index contributed by atoms with van der Waals surface area (Å²) in [5.74, 6) is 0. The molecule has 4 nitrogen and oxygen atoms in total. The molecule has 2 rings (SSSR count). The molecule has 0 spiro atoms. The Balaban J connectivity index is 2.36. The fourth-order valence-electron chi connectivity index (χ4n) is 2.66. The van der Waals surface area contributed by atoms with Crippen molar-refractivity contribution >= 4 is 15.5 Å². The molecule has 1 aromatic carbocycles. The summed E-state index contributed by atoms with van der Waals surface area (Å²) in [4.78, 5) is 0.315. The molecule has 1 atom stereocenters. The van der Waals surface area contributed by atoms with Crippen LogP contribution in [0.15, 0.2) is 34.3 Å². The second-order valence-electron chi connectivity index (χ2n) is 5.39. The maximum absolute atomic E-state index is 12.7. The predicted octanol–water partition coefficient (Wildman–Crippen LogP) is 3.32. The van der Waals surface area contributed by atoms with Crippen LogP contribution in [0.2, 0.25) is 0 Å². The van der Waals surface area contributed by atoms with Gasteiger partial charge in [0, 0.05) is 0 Å². The summed E-state index contributed by atoms with van der Waals surface area (Å²) in [5.41, 5.74) is 1.43. The van der Waals surface area contributed by atoms with Crippen molar-refractivity contribution < 1.29 is 13.6 Å². The molecule has 1 aliphatic carbocycles. The Morgan fingerprint density at radius 1 is 1.10 bits per heavy atom. The lowest BCUT2D eigenvalue weighted by atomic mass is 9.99. The molecular formula is C15H21NO3S. The zero-order valence-corrected chi connectivity index (χ0v) is 12.6. The zero-order chi connectivity index (χ0) is 14.6. The Kier molecular flexibility index (Phi) is 4.81. The highest BCUT2D eigenvalue weighted by molar-refractivity contribution is 7.92. The summed E-state index contributed by atoms with van der Waals surface area (Å²) >= 11 is 0. The Morgan fingerprint density at radius 3 is 2.40 bits per heavy atom. The summed E-state index contributed by atoms with van der Waals surface area (Å²) in [6, 6.07) is 6.87. The summed E-state index contributed by atoms with van der Waals surface area (Å²) in [5, 5.41) is 11.7. The first-order chi connectivity index (χ1) is 9.55. The molecule has 1 fully saturated rings. The predicted molar refractivity (Wildman–Crippen MR) is 79.1 cm³/mol. The van der Waals surface area contributed by atoms with Crippen LogP contribution in [0.5, 0.6) is 0 Å². The molecule has 110 valence electrons. The lowest BCUT2D eigenvalue weighted by Gasteiger charge is -2.21. The van der Waals surface area contributed by atoms with Gasteiger partial charge in [0.2, 0.25) is 0 Å². The third kappa shape index (κ3) is 3.20. The third-order valence-corrected chi connectivity index (χ3v) is 6.06. The van der Waals surface area contributed by atoms with Gasteiger partial charge < -0.3 is 5.21 Å². The van der Waals surface area contributed by atoms with Gasteiger partial charge >= 0.3 is 0 Å². The van der Waals surface area contributed by atoms with Crippen molar-refractivity contribution in [3.63, 3.8) is 0 Å². The van der Waals surface area contributed by atoms with Gasteiger partial charge in [-0.2, -0.15) is 0 Å². The second kappa shape index (κ2) is 6.39. The van der Waals surface area contributed by atoms with Gasteiger partial charge in [0.25, 0.3) is 0 Å². The van der Waals surface area contributed by atoms with E-state index in [2.05, 4.69) is 5.16 Å². The number of rotatable bonds is 2. The van der Waals surface area contributed by atoms with Gasteiger partial charge in [-0.1, -0.05) is 42.1 Å². The molecule has 0 amide bonds. The van der Waals surface area contributed by atoms with E-state index in [0.29, 0.717) is 23.4 Å². The molecule has 5 heteroatoms. The van der Waals surface area contributed by atoms with E-state index in [4.69, 9.17) is 5.21 Å². The molecule has 1 unspecified atom stereocenters. The van der Waals surface area contributed by atoms with E-state index < -0.39 is 15.1 Å². The molecule has 0 radical (unpaired) electrons. The van der Waals surface area contributed by atoms with Gasteiger partial charge in [-0.15, -0.1) is 0 Å². The fraction of sp³-hybridized carbons (Fsp3) is 0.533. The minimum absolute atomic E-state index is 0.315. The Hall–Kier alpha value is -1.36. The summed E-state index contributed by atoms with van der Waals surface area (Å²) in [6.45, 7) is 1.92. The van der Waals surface area contributed by atoms with Crippen LogP contribution in [-0.2, 0) is 9.84 Å². The number of hydrogen-bond acceptors (Lipinski definition) is 4. The van der Waals surface area contributed by atoms with Crippen LogP contribution in [0.3, 0.4) is 0 Å². The highest BCUT2D eigenvalue weighted by atomic mass is 32.2. The Morgan fingerprint density at radius 2 is 1.75 bits per heavy atom. The standard InChI is InChI=1S/C15H21NO3S/c1-12-8-10-13(11-9-12)20(18,19)15-7-5-3-2-4-6-14(15)16-17/h8-11,15,17H,2-7H2,1H3/b16-14+. The maximum atomic E-state index is 12.7. The first-order valence-corrected chi connectivity index (χ1v) is 8.61. The normalized spacial score (nSPS) is 23.2. The quantitative estimate of drug-likeness (QED) is 0.672. The van der Waals surface area contributed by atoms with E-state index in [0.717, 1.165) is 31.2 Å². The van der Waals surface area contributed by atoms with E-state index in [1.54, 1.807) is 24.3 Å². The minimum atomic E-state index is -3.47. The Bertz CT molecular complexity index is 576. The topological polar surface area (TPSA) is 66.7 Å². The molecule has 1 aromatic rings. The summed E-state index contributed by atoms with van der Waals surface area (Å²) in [7, 11) is -3.47. The highest BCUT2D eigenvalue weighted by Crippen LogP contribution is 2.26. The second-order valence-corrected chi connectivity index (χ2v) is 7.52. The SMILES string of the molecule is Cc1ccc(S(=O)(=O)C2CCCCCC/C2=N\O)cc1. The number of hydrogen-bond donors (Lipinski definition) is 1. The van der Waals surface area contributed by atoms with Crippen molar-refractivity contribution in [2.75, 3.05) is 0 Å². The van der Waals surface area contributed by atoms with Gasteiger partial charge in [0.1, 0.15) is 5.25 Å². The van der Waals surface area contributed by atoms with E-state index in [1.807, 2.05) is 6.92 Å². The van der Waals surface area contributed by atoms with Crippen molar-refractivity contribution in [2.45, 2.75) is 55.6 Å². The van der Waals surface area contributed by atoms with Crippen molar-refractivity contribution in [1.29, 1.82) is 0 Å². The minimum Gasteiger partial charge on any atom is -0.411 e. The maximum Gasteiger partial charge on any atom is 0.186 e.